The predicted octanol–water partition coefficient (Wildman–Crippen LogP) is 3.77. The Balaban J connectivity index is 1.26. The molecule has 0 unspecified atom stereocenters. The van der Waals surface area contributed by atoms with Crippen LogP contribution in [-0.2, 0) is 15.1 Å². The van der Waals surface area contributed by atoms with Gasteiger partial charge >= 0.3 is 5.97 Å². The van der Waals surface area contributed by atoms with Crippen molar-refractivity contribution in [2.24, 2.45) is 5.92 Å². The number of aliphatic hydroxyl groups is 1. The minimum Gasteiger partial charge on any atom is -0.453 e. The third-order valence-corrected chi connectivity index (χ3v) is 9.21. The van der Waals surface area contributed by atoms with Crippen LogP contribution in [0.15, 0.2) is 72.8 Å². The normalized spacial score (nSPS) is 22.6. The summed E-state index contributed by atoms with van der Waals surface area (Å²) in [5, 5.41) is 14.8. The summed E-state index contributed by atoms with van der Waals surface area (Å²) in [4.78, 5) is 38.9. The van der Waals surface area contributed by atoms with Crippen LogP contribution in [0.1, 0.15) is 50.2 Å². The highest BCUT2D eigenvalue weighted by Gasteiger charge is 2.50. The van der Waals surface area contributed by atoms with Gasteiger partial charge in [0.2, 0.25) is 5.60 Å². The average Bonchev–Trinajstić information content (AvgIpc) is 3.45. The van der Waals surface area contributed by atoms with E-state index in [2.05, 4.69) is 5.32 Å². The second-order valence-corrected chi connectivity index (χ2v) is 11.5. The van der Waals surface area contributed by atoms with Gasteiger partial charge in [0.25, 0.3) is 5.91 Å². The lowest BCUT2D eigenvalue weighted by Crippen LogP contribution is -2.66. The number of nitrogens with one attached hydrogen (secondary N) is 1. The lowest BCUT2D eigenvalue weighted by molar-refractivity contribution is -0.945. The molecule has 3 aliphatic heterocycles. The number of rotatable bonds is 9. The maximum atomic E-state index is 13.7. The molecule has 3 saturated heterocycles. The van der Waals surface area contributed by atoms with Gasteiger partial charge in [-0.2, -0.15) is 0 Å². The zero-order valence-corrected chi connectivity index (χ0v) is 22.3. The summed E-state index contributed by atoms with van der Waals surface area (Å²) < 4.78 is 6.89. The zero-order chi connectivity index (χ0) is 26.8. The number of benzene rings is 2. The van der Waals surface area contributed by atoms with E-state index in [-0.39, 0.29) is 23.7 Å². The SMILES string of the molecule is CC(=O)c1ccc(C(=O)NCC[N+]23CCC(CC2)[C@@H](OC(=O)C(O)(c2ccccc2)c2ccccc2)C3)s1. The van der Waals surface area contributed by atoms with Gasteiger partial charge < -0.3 is 19.6 Å². The molecule has 3 aromatic rings. The molecule has 2 aromatic carbocycles. The van der Waals surface area contributed by atoms with Crippen molar-refractivity contribution in [2.45, 2.75) is 31.5 Å². The molecule has 3 aliphatic rings. The second kappa shape index (κ2) is 10.8. The summed E-state index contributed by atoms with van der Waals surface area (Å²) >= 11 is 1.21. The van der Waals surface area contributed by atoms with Crippen molar-refractivity contribution in [3.05, 3.63) is 93.7 Å². The standard InChI is InChI=1S/C30H32N2O5S/c1-21(33)26-12-13-27(38-26)28(34)31-16-19-32-17-14-22(15-18-32)25(20-32)37-29(35)30(36,23-8-4-2-5-9-23)24-10-6-3-7-11-24/h2-13,22,25,36H,14-20H2,1H3/p+1/t22?,25-,32?/m0/s1. The number of fused-ring (bicyclic) bond motifs is 3. The fourth-order valence-corrected chi connectivity index (χ4v) is 6.61. The summed E-state index contributed by atoms with van der Waals surface area (Å²) in [5.74, 6) is -0.610. The van der Waals surface area contributed by atoms with E-state index in [9.17, 15) is 19.5 Å². The maximum absolute atomic E-state index is 13.7. The van der Waals surface area contributed by atoms with Gasteiger partial charge in [0.15, 0.2) is 11.9 Å². The van der Waals surface area contributed by atoms with E-state index >= 15 is 0 Å². The number of ketones is 1. The smallest absolute Gasteiger partial charge is 0.348 e. The van der Waals surface area contributed by atoms with Gasteiger partial charge in [0.05, 0.1) is 35.9 Å². The van der Waals surface area contributed by atoms with Crippen LogP contribution in [0.2, 0.25) is 0 Å². The molecule has 0 radical (unpaired) electrons. The Hall–Kier alpha value is -3.33. The van der Waals surface area contributed by atoms with E-state index in [0.717, 1.165) is 37.0 Å². The molecular weight excluding hydrogens is 500 g/mol. The van der Waals surface area contributed by atoms with Crippen molar-refractivity contribution < 1.29 is 28.7 Å². The number of hydrogen-bond acceptors (Lipinski definition) is 6. The Kier molecular flexibility index (Phi) is 7.47. The van der Waals surface area contributed by atoms with Gasteiger partial charge in [0, 0.05) is 18.8 Å². The van der Waals surface area contributed by atoms with E-state index in [1.807, 2.05) is 12.1 Å². The number of esters is 1. The molecule has 198 valence electrons. The Labute approximate surface area is 226 Å². The van der Waals surface area contributed by atoms with Crippen LogP contribution >= 0.6 is 11.3 Å². The van der Waals surface area contributed by atoms with Gasteiger partial charge in [-0.05, 0) is 30.2 Å². The van der Waals surface area contributed by atoms with E-state index in [0.29, 0.717) is 34.0 Å². The monoisotopic (exact) mass is 533 g/mol. The van der Waals surface area contributed by atoms with E-state index in [1.54, 1.807) is 60.7 Å². The first-order valence-electron chi connectivity index (χ1n) is 13.1. The zero-order valence-electron chi connectivity index (χ0n) is 21.5. The molecule has 1 amide bonds. The number of ether oxygens (including phenoxy) is 1. The Morgan fingerprint density at radius 2 is 1.53 bits per heavy atom. The fourth-order valence-electron chi connectivity index (χ4n) is 5.80. The minimum absolute atomic E-state index is 0.0458. The van der Waals surface area contributed by atoms with Crippen LogP contribution in [0.4, 0.5) is 0 Å². The highest BCUT2D eigenvalue weighted by atomic mass is 32.1. The molecule has 1 aromatic heterocycles. The summed E-state index contributed by atoms with van der Waals surface area (Å²) in [6.45, 7) is 5.34. The van der Waals surface area contributed by atoms with Crippen LogP contribution in [-0.4, -0.2) is 66.1 Å². The molecule has 0 spiro atoms. The van der Waals surface area contributed by atoms with E-state index in [4.69, 9.17) is 4.74 Å². The lowest BCUT2D eigenvalue weighted by atomic mass is 9.82. The Bertz CT molecular complexity index is 1260. The Morgan fingerprint density at radius 1 is 0.947 bits per heavy atom. The van der Waals surface area contributed by atoms with Crippen LogP contribution in [0.25, 0.3) is 0 Å². The molecule has 6 rings (SSSR count). The van der Waals surface area contributed by atoms with Crippen LogP contribution in [0, 0.1) is 5.92 Å². The molecule has 0 aliphatic carbocycles. The van der Waals surface area contributed by atoms with Gasteiger partial charge in [-0.3, -0.25) is 9.59 Å². The van der Waals surface area contributed by atoms with Gasteiger partial charge in [0.1, 0.15) is 6.54 Å². The molecular formula is C30H33N2O5S+. The summed E-state index contributed by atoms with van der Waals surface area (Å²) in [7, 11) is 0. The van der Waals surface area contributed by atoms with Gasteiger partial charge in [-0.1, -0.05) is 60.7 Å². The van der Waals surface area contributed by atoms with Crippen molar-refractivity contribution in [1.29, 1.82) is 0 Å². The highest BCUT2D eigenvalue weighted by molar-refractivity contribution is 7.15. The quantitative estimate of drug-likeness (QED) is 0.248. The number of carbonyl (C=O) groups is 3. The number of quaternary nitrogens is 1. The molecule has 38 heavy (non-hydrogen) atoms. The molecule has 3 fully saturated rings. The highest BCUT2D eigenvalue weighted by Crippen LogP contribution is 2.38. The first-order valence-corrected chi connectivity index (χ1v) is 13.9. The van der Waals surface area contributed by atoms with Crippen LogP contribution in [0.3, 0.4) is 0 Å². The van der Waals surface area contributed by atoms with E-state index < -0.39 is 11.6 Å². The molecule has 0 saturated carbocycles. The number of thiophene rings is 1. The topological polar surface area (TPSA) is 92.7 Å². The second-order valence-electron chi connectivity index (χ2n) is 10.4. The molecule has 4 heterocycles. The lowest BCUT2D eigenvalue weighted by Gasteiger charge is -2.52. The number of Topliss-reactive ketones (excluding diaryl/α,β-unsaturated/α-hetero) is 1. The average molecular weight is 534 g/mol. The molecule has 8 heteroatoms. The molecule has 2 N–H and O–H groups in total. The van der Waals surface area contributed by atoms with Crippen molar-refractivity contribution >= 4 is 29.0 Å². The minimum atomic E-state index is -1.90. The molecule has 7 nitrogen and oxygen atoms in total. The van der Waals surface area contributed by atoms with Crippen molar-refractivity contribution in [3.8, 4) is 0 Å². The molecule has 1 atom stereocenters. The van der Waals surface area contributed by atoms with Crippen molar-refractivity contribution in [3.63, 3.8) is 0 Å². The summed E-state index contributed by atoms with van der Waals surface area (Å²) in [6.07, 6.45) is 1.58. The third kappa shape index (κ3) is 5.16. The number of nitrogens with zero attached hydrogens (tertiary/aromatic N) is 1. The number of carbonyl (C=O) groups excluding carboxylic acids is 3. The molecule has 2 bridgehead atoms. The van der Waals surface area contributed by atoms with Gasteiger partial charge in [-0.15, -0.1) is 11.3 Å². The number of piperidine rings is 3. The number of amides is 1. The van der Waals surface area contributed by atoms with Crippen LogP contribution < -0.4 is 5.32 Å². The summed E-state index contributed by atoms with van der Waals surface area (Å²) in [5.41, 5.74) is -0.941. The van der Waals surface area contributed by atoms with Crippen molar-refractivity contribution in [2.75, 3.05) is 32.7 Å². The predicted molar refractivity (Wildman–Crippen MR) is 145 cm³/mol. The van der Waals surface area contributed by atoms with Crippen molar-refractivity contribution in [1.82, 2.24) is 5.32 Å². The maximum Gasteiger partial charge on any atom is 0.348 e. The first-order chi connectivity index (χ1) is 18.3. The van der Waals surface area contributed by atoms with E-state index in [1.165, 1.54) is 18.3 Å². The fraction of sp³-hybridized carbons (Fsp3) is 0.367. The largest absolute Gasteiger partial charge is 0.453 e. The van der Waals surface area contributed by atoms with Crippen LogP contribution in [0.5, 0.6) is 0 Å². The Morgan fingerprint density at radius 3 is 2.08 bits per heavy atom. The number of hydrogen-bond donors (Lipinski definition) is 2. The first kappa shape index (κ1) is 26.3. The third-order valence-electron chi connectivity index (χ3n) is 8.03. The summed E-state index contributed by atoms with van der Waals surface area (Å²) in [6, 6.07) is 21.3. The van der Waals surface area contributed by atoms with Gasteiger partial charge in [-0.25, -0.2) is 4.79 Å².